The predicted octanol–water partition coefficient (Wildman–Crippen LogP) is 3.85. The summed E-state index contributed by atoms with van der Waals surface area (Å²) in [5.74, 6) is 0.0213. The number of anilines is 4. The Labute approximate surface area is 227 Å². The SMILES string of the molecule is C=CC(=O)Nc1ccc(C(=O)Nc2cccc(Nc3n[nH]c4c3CN(C(=O)NCCN(C)C)C4(C)C)c2)cc1. The lowest BCUT2D eigenvalue weighted by molar-refractivity contribution is -0.111. The average Bonchev–Trinajstić information content (AvgIpc) is 3.41. The van der Waals surface area contributed by atoms with E-state index in [1.54, 1.807) is 35.2 Å². The molecule has 2 heterocycles. The van der Waals surface area contributed by atoms with Crippen molar-refractivity contribution in [2.24, 2.45) is 0 Å². The van der Waals surface area contributed by atoms with Gasteiger partial charge in [0.25, 0.3) is 5.91 Å². The molecule has 5 N–H and O–H groups in total. The molecule has 3 aromatic rings. The van der Waals surface area contributed by atoms with E-state index in [2.05, 4.69) is 38.0 Å². The zero-order valence-corrected chi connectivity index (χ0v) is 22.6. The molecule has 11 heteroatoms. The Morgan fingerprint density at radius 1 is 1.08 bits per heavy atom. The fourth-order valence-electron chi connectivity index (χ4n) is 4.34. The van der Waals surface area contributed by atoms with Crippen LogP contribution in [-0.4, -0.2) is 65.0 Å². The Bertz CT molecular complexity index is 1380. The monoisotopic (exact) mass is 530 g/mol. The fraction of sp³-hybridized carbons (Fsp3) is 0.286. The first kappa shape index (κ1) is 27.4. The number of likely N-dealkylation sites (N-methyl/N-ethyl adjacent to an activating group) is 1. The molecule has 0 fully saturated rings. The van der Waals surface area contributed by atoms with Crippen LogP contribution >= 0.6 is 0 Å². The van der Waals surface area contributed by atoms with Gasteiger partial charge in [-0.15, -0.1) is 0 Å². The van der Waals surface area contributed by atoms with Crippen molar-refractivity contribution in [3.8, 4) is 0 Å². The Morgan fingerprint density at radius 3 is 2.49 bits per heavy atom. The van der Waals surface area contributed by atoms with E-state index in [1.165, 1.54) is 6.08 Å². The number of carbonyl (C=O) groups is 3. The molecule has 2 aromatic carbocycles. The second kappa shape index (κ2) is 11.4. The number of H-pyrrole nitrogens is 1. The van der Waals surface area contributed by atoms with E-state index in [-0.39, 0.29) is 17.8 Å². The molecular formula is C28H34N8O3. The van der Waals surface area contributed by atoms with E-state index < -0.39 is 5.54 Å². The minimum absolute atomic E-state index is 0.127. The number of carbonyl (C=O) groups excluding carboxylic acids is 3. The molecule has 39 heavy (non-hydrogen) atoms. The smallest absolute Gasteiger partial charge is 0.318 e. The molecule has 4 amide bonds. The van der Waals surface area contributed by atoms with Crippen molar-refractivity contribution in [1.29, 1.82) is 0 Å². The summed E-state index contributed by atoms with van der Waals surface area (Å²) < 4.78 is 0. The van der Waals surface area contributed by atoms with Crippen LogP contribution in [0.3, 0.4) is 0 Å². The zero-order chi connectivity index (χ0) is 28.2. The van der Waals surface area contributed by atoms with Crippen LogP contribution in [0.4, 0.5) is 27.7 Å². The molecule has 11 nitrogen and oxygen atoms in total. The van der Waals surface area contributed by atoms with Crippen LogP contribution in [0, 0.1) is 0 Å². The molecule has 0 bridgehead atoms. The molecule has 4 rings (SSSR count). The van der Waals surface area contributed by atoms with Crippen molar-refractivity contribution in [2.75, 3.05) is 43.1 Å². The van der Waals surface area contributed by atoms with E-state index >= 15 is 0 Å². The molecule has 0 atom stereocenters. The second-order valence-electron chi connectivity index (χ2n) is 10.0. The molecule has 0 unspecified atom stereocenters. The summed E-state index contributed by atoms with van der Waals surface area (Å²) >= 11 is 0. The van der Waals surface area contributed by atoms with Gasteiger partial charge >= 0.3 is 6.03 Å². The number of aromatic nitrogens is 2. The Hall–Kier alpha value is -4.64. The first-order valence-electron chi connectivity index (χ1n) is 12.6. The number of hydrogen-bond acceptors (Lipinski definition) is 6. The largest absolute Gasteiger partial charge is 0.338 e. The summed E-state index contributed by atoms with van der Waals surface area (Å²) in [6, 6.07) is 13.7. The highest BCUT2D eigenvalue weighted by atomic mass is 16.2. The first-order chi connectivity index (χ1) is 18.6. The highest BCUT2D eigenvalue weighted by Crippen LogP contribution is 2.41. The van der Waals surface area contributed by atoms with Gasteiger partial charge in [-0.25, -0.2) is 4.79 Å². The predicted molar refractivity (Wildman–Crippen MR) is 152 cm³/mol. The summed E-state index contributed by atoms with van der Waals surface area (Å²) in [6.07, 6.45) is 1.18. The van der Waals surface area contributed by atoms with Gasteiger partial charge < -0.3 is 31.1 Å². The van der Waals surface area contributed by atoms with Crippen LogP contribution in [0.15, 0.2) is 61.2 Å². The van der Waals surface area contributed by atoms with E-state index in [0.29, 0.717) is 35.8 Å². The van der Waals surface area contributed by atoms with Crippen LogP contribution in [0.2, 0.25) is 0 Å². The van der Waals surface area contributed by atoms with Gasteiger partial charge in [0, 0.05) is 41.3 Å². The maximum atomic E-state index is 12.9. The Morgan fingerprint density at radius 2 is 1.79 bits per heavy atom. The number of fused-ring (bicyclic) bond motifs is 1. The Balaban J connectivity index is 1.42. The first-order valence-corrected chi connectivity index (χ1v) is 12.6. The molecule has 1 aromatic heterocycles. The zero-order valence-electron chi connectivity index (χ0n) is 22.6. The minimum atomic E-state index is -0.551. The third-order valence-electron chi connectivity index (χ3n) is 6.53. The lowest BCUT2D eigenvalue weighted by Crippen LogP contribution is -2.47. The Kier molecular flexibility index (Phi) is 8.01. The van der Waals surface area contributed by atoms with E-state index in [4.69, 9.17) is 0 Å². The molecule has 0 aliphatic carbocycles. The van der Waals surface area contributed by atoms with Crippen LogP contribution in [0.5, 0.6) is 0 Å². The molecule has 0 spiro atoms. The van der Waals surface area contributed by atoms with Crippen LogP contribution in [0.1, 0.15) is 35.5 Å². The van der Waals surface area contributed by atoms with E-state index in [1.807, 2.05) is 51.0 Å². The van der Waals surface area contributed by atoms with Crippen molar-refractivity contribution in [2.45, 2.75) is 25.9 Å². The summed E-state index contributed by atoms with van der Waals surface area (Å²) in [4.78, 5) is 40.9. The topological polar surface area (TPSA) is 134 Å². The lowest BCUT2D eigenvalue weighted by Gasteiger charge is -2.32. The van der Waals surface area contributed by atoms with Gasteiger partial charge in [-0.2, -0.15) is 5.10 Å². The maximum Gasteiger partial charge on any atom is 0.318 e. The number of benzene rings is 2. The van der Waals surface area contributed by atoms with Gasteiger partial charge in [-0.1, -0.05) is 12.6 Å². The normalized spacial score (nSPS) is 13.5. The number of urea groups is 1. The molecule has 204 valence electrons. The van der Waals surface area contributed by atoms with Crippen molar-refractivity contribution in [3.63, 3.8) is 0 Å². The van der Waals surface area contributed by atoms with Crippen LogP contribution in [0.25, 0.3) is 0 Å². The molecule has 1 aliphatic heterocycles. The summed E-state index contributed by atoms with van der Waals surface area (Å²) in [7, 11) is 3.93. The number of nitrogens with one attached hydrogen (secondary N) is 5. The molecular weight excluding hydrogens is 496 g/mol. The second-order valence-corrected chi connectivity index (χ2v) is 10.0. The number of hydrogen-bond donors (Lipinski definition) is 5. The van der Waals surface area contributed by atoms with Crippen LogP contribution in [-0.2, 0) is 16.9 Å². The lowest BCUT2D eigenvalue weighted by atomic mass is 10.0. The van der Waals surface area contributed by atoms with Crippen molar-refractivity contribution in [1.82, 2.24) is 25.3 Å². The number of aromatic amines is 1. The van der Waals surface area contributed by atoms with Gasteiger partial charge in [-0.3, -0.25) is 14.7 Å². The average molecular weight is 531 g/mol. The quantitative estimate of drug-likeness (QED) is 0.267. The standard InChI is InChI=1S/C28H34N8O3/c1-6-23(37)30-19-12-10-18(11-13-19)26(38)32-21-9-7-8-20(16-21)31-25-22-17-36(27(39)29-14-15-35(4)5)28(2,3)24(22)33-34-25/h6-13,16H,1,14-15,17H2,2-5H3,(H,29,39)(H,30,37)(H,32,38)(H2,31,33,34). The van der Waals surface area contributed by atoms with Gasteiger partial charge in [-0.05, 0) is 76.5 Å². The number of rotatable bonds is 9. The van der Waals surface area contributed by atoms with Crippen molar-refractivity contribution < 1.29 is 14.4 Å². The summed E-state index contributed by atoms with van der Waals surface area (Å²) in [5.41, 5.74) is 3.60. The number of nitrogens with zero attached hydrogens (tertiary/aromatic N) is 3. The van der Waals surface area contributed by atoms with Gasteiger partial charge in [0.05, 0.1) is 17.8 Å². The van der Waals surface area contributed by atoms with Crippen molar-refractivity contribution in [3.05, 3.63) is 78.0 Å². The fourth-order valence-corrected chi connectivity index (χ4v) is 4.34. The van der Waals surface area contributed by atoms with Gasteiger partial charge in [0.15, 0.2) is 5.82 Å². The van der Waals surface area contributed by atoms with Crippen molar-refractivity contribution >= 4 is 40.7 Å². The van der Waals surface area contributed by atoms with E-state index in [0.717, 1.165) is 23.5 Å². The van der Waals surface area contributed by atoms with Gasteiger partial charge in [0.2, 0.25) is 5.91 Å². The number of amides is 4. The van der Waals surface area contributed by atoms with Gasteiger partial charge in [0.1, 0.15) is 0 Å². The minimum Gasteiger partial charge on any atom is -0.338 e. The maximum absolute atomic E-state index is 12.9. The molecule has 0 saturated heterocycles. The third-order valence-corrected chi connectivity index (χ3v) is 6.53. The molecule has 1 aliphatic rings. The molecule has 0 saturated carbocycles. The highest BCUT2D eigenvalue weighted by molar-refractivity contribution is 6.05. The van der Waals surface area contributed by atoms with E-state index in [9.17, 15) is 14.4 Å². The molecule has 0 radical (unpaired) electrons. The summed E-state index contributed by atoms with van der Waals surface area (Å²) in [5, 5.41) is 19.4. The van der Waals surface area contributed by atoms with Crippen LogP contribution < -0.4 is 21.3 Å². The summed E-state index contributed by atoms with van der Waals surface area (Å²) in [6.45, 7) is 9.13. The third kappa shape index (κ3) is 6.27. The highest BCUT2D eigenvalue weighted by Gasteiger charge is 2.43.